The van der Waals surface area contributed by atoms with E-state index in [0.29, 0.717) is 0 Å². The lowest BCUT2D eigenvalue weighted by atomic mass is 10.1. The number of likely N-dealkylation sites (N-methyl/N-ethyl adjacent to an activating group) is 1. The van der Waals surface area contributed by atoms with Gasteiger partial charge in [-0.15, -0.1) is 0 Å². The van der Waals surface area contributed by atoms with E-state index in [2.05, 4.69) is 0 Å². The minimum absolute atomic E-state index is 0.0804. The summed E-state index contributed by atoms with van der Waals surface area (Å²) in [4.78, 5) is 12.5. The number of hydrogen-bond donors (Lipinski definition) is 0. The van der Waals surface area contributed by atoms with Crippen LogP contribution in [0.2, 0.25) is 0 Å². The zero-order chi connectivity index (χ0) is 20.0. The summed E-state index contributed by atoms with van der Waals surface area (Å²) in [6, 6.07) is 14.2. The van der Waals surface area contributed by atoms with Crippen LogP contribution >= 0.6 is 0 Å². The lowest BCUT2D eigenvalue weighted by Gasteiger charge is -2.18. The van der Waals surface area contributed by atoms with Gasteiger partial charge in [-0.1, -0.05) is 47.5 Å². The Bertz CT molecular complexity index is 914. The maximum Gasteiger partial charge on any atom is 0.335 e. The molecule has 0 atom stereocenters. The number of esters is 1. The number of ether oxygens (including phenoxy) is 1. The van der Waals surface area contributed by atoms with E-state index in [1.54, 1.807) is 37.3 Å². The van der Waals surface area contributed by atoms with Crippen molar-refractivity contribution in [3.05, 3.63) is 70.8 Å². The number of aryl methyl sites for hydroxylation is 2. The van der Waals surface area contributed by atoms with Gasteiger partial charge in [-0.2, -0.15) is 4.31 Å². The van der Waals surface area contributed by atoms with Crippen molar-refractivity contribution in [3.8, 4) is 0 Å². The molecular formula is C21H25NO4S. The van der Waals surface area contributed by atoms with E-state index in [1.807, 2.05) is 38.1 Å². The van der Waals surface area contributed by atoms with Crippen molar-refractivity contribution in [3.63, 3.8) is 0 Å². The second kappa shape index (κ2) is 8.97. The van der Waals surface area contributed by atoms with Gasteiger partial charge in [0.05, 0.1) is 17.1 Å². The molecule has 0 bridgehead atoms. The quantitative estimate of drug-likeness (QED) is 0.538. The third-order valence-electron chi connectivity index (χ3n) is 4.08. The summed E-state index contributed by atoms with van der Waals surface area (Å²) < 4.78 is 31.9. The molecule has 0 aliphatic carbocycles. The molecule has 6 heteroatoms. The highest BCUT2D eigenvalue weighted by atomic mass is 32.2. The van der Waals surface area contributed by atoms with Gasteiger partial charge >= 0.3 is 5.97 Å². The molecule has 2 rings (SSSR count). The fraction of sp³-hybridized carbons (Fsp3) is 0.286. The number of carbonyl (C=O) groups excluding carboxylic acids is 1. The Labute approximate surface area is 161 Å². The van der Waals surface area contributed by atoms with Crippen LogP contribution in [-0.4, -0.2) is 38.9 Å². The second-order valence-electron chi connectivity index (χ2n) is 6.37. The van der Waals surface area contributed by atoms with Crippen LogP contribution in [0.4, 0.5) is 0 Å². The predicted molar refractivity (Wildman–Crippen MR) is 107 cm³/mol. The van der Waals surface area contributed by atoms with Gasteiger partial charge in [0, 0.05) is 13.6 Å². The van der Waals surface area contributed by atoms with Crippen LogP contribution < -0.4 is 0 Å². The van der Waals surface area contributed by atoms with Gasteiger partial charge in [0.15, 0.2) is 0 Å². The lowest BCUT2D eigenvalue weighted by Crippen LogP contribution is -2.31. The summed E-state index contributed by atoms with van der Waals surface area (Å²) in [5, 5.41) is 0. The SMILES string of the molecule is CCOC(=O)/C(=C/c1ccc(C)cc1)CN(C)S(=O)(=O)c1ccc(C)cc1. The number of rotatable bonds is 7. The monoisotopic (exact) mass is 387 g/mol. The van der Waals surface area contributed by atoms with Gasteiger partial charge in [-0.3, -0.25) is 0 Å². The molecule has 0 unspecified atom stereocenters. The van der Waals surface area contributed by atoms with Crippen molar-refractivity contribution < 1.29 is 17.9 Å². The number of sulfonamides is 1. The Morgan fingerprint density at radius 2 is 1.52 bits per heavy atom. The summed E-state index contributed by atoms with van der Waals surface area (Å²) in [5.74, 6) is -0.524. The predicted octanol–water partition coefficient (Wildman–Crippen LogP) is 3.57. The third kappa shape index (κ3) is 5.52. The van der Waals surface area contributed by atoms with Crippen molar-refractivity contribution >= 4 is 22.1 Å². The van der Waals surface area contributed by atoms with Gasteiger partial charge < -0.3 is 4.74 Å². The van der Waals surface area contributed by atoms with E-state index in [4.69, 9.17) is 4.74 Å². The van der Waals surface area contributed by atoms with Gasteiger partial charge in [0.25, 0.3) is 0 Å². The van der Waals surface area contributed by atoms with Crippen LogP contribution in [0.15, 0.2) is 59.0 Å². The molecule has 0 saturated heterocycles. The molecule has 0 fully saturated rings. The number of hydrogen-bond acceptors (Lipinski definition) is 4. The van der Waals surface area contributed by atoms with Crippen molar-refractivity contribution in [2.45, 2.75) is 25.7 Å². The normalized spacial score (nSPS) is 12.3. The highest BCUT2D eigenvalue weighted by molar-refractivity contribution is 7.89. The average Bonchev–Trinajstić information content (AvgIpc) is 2.63. The Hall–Kier alpha value is -2.44. The zero-order valence-corrected chi connectivity index (χ0v) is 16.9. The molecule has 0 aliphatic rings. The number of carbonyl (C=O) groups is 1. The molecule has 0 aromatic heterocycles. The van der Waals surface area contributed by atoms with Crippen molar-refractivity contribution in [1.29, 1.82) is 0 Å². The minimum atomic E-state index is -3.71. The first kappa shape index (κ1) is 20.9. The zero-order valence-electron chi connectivity index (χ0n) is 16.1. The van der Waals surface area contributed by atoms with E-state index >= 15 is 0 Å². The molecule has 0 heterocycles. The Morgan fingerprint density at radius 1 is 1.00 bits per heavy atom. The smallest absolute Gasteiger partial charge is 0.335 e. The molecule has 2 aromatic carbocycles. The van der Waals surface area contributed by atoms with E-state index in [9.17, 15) is 13.2 Å². The van der Waals surface area contributed by atoms with Crippen molar-refractivity contribution in [2.24, 2.45) is 0 Å². The summed E-state index contributed by atoms with van der Waals surface area (Å²) in [5.41, 5.74) is 3.16. The molecule has 0 aliphatic heterocycles. The first-order valence-electron chi connectivity index (χ1n) is 8.71. The first-order chi connectivity index (χ1) is 12.7. The van der Waals surface area contributed by atoms with Gasteiger partial charge in [-0.05, 0) is 44.5 Å². The fourth-order valence-electron chi connectivity index (χ4n) is 2.47. The van der Waals surface area contributed by atoms with E-state index in [1.165, 1.54) is 7.05 Å². The number of nitrogens with zero attached hydrogens (tertiary/aromatic N) is 1. The summed E-state index contributed by atoms with van der Waals surface area (Å²) in [6.07, 6.45) is 1.67. The van der Waals surface area contributed by atoms with E-state index in [0.717, 1.165) is 21.0 Å². The summed E-state index contributed by atoms with van der Waals surface area (Å²) >= 11 is 0. The topological polar surface area (TPSA) is 63.7 Å². The maximum atomic E-state index is 12.8. The molecule has 144 valence electrons. The summed E-state index contributed by atoms with van der Waals surface area (Å²) in [6.45, 7) is 5.72. The molecule has 5 nitrogen and oxygen atoms in total. The minimum Gasteiger partial charge on any atom is -0.463 e. The van der Waals surface area contributed by atoms with Crippen LogP contribution in [-0.2, 0) is 19.6 Å². The molecule has 0 spiro atoms. The molecule has 2 aromatic rings. The average molecular weight is 388 g/mol. The van der Waals surface area contributed by atoms with E-state index in [-0.39, 0.29) is 23.6 Å². The summed E-state index contributed by atoms with van der Waals surface area (Å²) in [7, 11) is -2.26. The van der Waals surface area contributed by atoms with Crippen molar-refractivity contribution in [1.82, 2.24) is 4.31 Å². The number of benzene rings is 2. The molecular weight excluding hydrogens is 362 g/mol. The molecule has 0 saturated carbocycles. The lowest BCUT2D eigenvalue weighted by molar-refractivity contribution is -0.138. The Kier molecular flexibility index (Phi) is 6.93. The van der Waals surface area contributed by atoms with Gasteiger partial charge in [0.1, 0.15) is 0 Å². The van der Waals surface area contributed by atoms with Crippen LogP contribution in [0.25, 0.3) is 6.08 Å². The van der Waals surface area contributed by atoms with Crippen LogP contribution in [0.3, 0.4) is 0 Å². The Balaban J connectivity index is 2.32. The molecule has 0 radical (unpaired) electrons. The molecule has 0 N–H and O–H groups in total. The van der Waals surface area contributed by atoms with Crippen LogP contribution in [0, 0.1) is 13.8 Å². The highest BCUT2D eigenvalue weighted by Gasteiger charge is 2.24. The fourth-order valence-corrected chi connectivity index (χ4v) is 3.62. The largest absolute Gasteiger partial charge is 0.463 e. The second-order valence-corrected chi connectivity index (χ2v) is 8.42. The first-order valence-corrected chi connectivity index (χ1v) is 10.2. The van der Waals surface area contributed by atoms with E-state index < -0.39 is 16.0 Å². The standard InChI is InChI=1S/C21H25NO4S/c1-5-26-21(23)19(14-18-10-6-16(2)7-11-18)15-22(4)27(24,25)20-12-8-17(3)9-13-20/h6-14H,5,15H2,1-4H3/b19-14+. The van der Waals surface area contributed by atoms with Crippen molar-refractivity contribution in [2.75, 3.05) is 20.2 Å². The maximum absolute atomic E-state index is 12.8. The molecule has 0 amide bonds. The Morgan fingerprint density at radius 3 is 2.04 bits per heavy atom. The van der Waals surface area contributed by atoms with Gasteiger partial charge in [-0.25, -0.2) is 13.2 Å². The van der Waals surface area contributed by atoms with Crippen LogP contribution in [0.5, 0.6) is 0 Å². The molecule has 27 heavy (non-hydrogen) atoms. The van der Waals surface area contributed by atoms with Crippen LogP contribution in [0.1, 0.15) is 23.6 Å². The van der Waals surface area contributed by atoms with Gasteiger partial charge in [0.2, 0.25) is 10.0 Å². The highest BCUT2D eigenvalue weighted by Crippen LogP contribution is 2.18. The third-order valence-corrected chi connectivity index (χ3v) is 5.90.